The summed E-state index contributed by atoms with van der Waals surface area (Å²) in [4.78, 5) is 7.63. The van der Waals surface area contributed by atoms with Gasteiger partial charge in [0.15, 0.2) is 11.6 Å². The molecule has 1 saturated heterocycles. The number of nitrogens with zero attached hydrogens (tertiary/aromatic N) is 3. The van der Waals surface area contributed by atoms with Gasteiger partial charge in [0.25, 0.3) is 0 Å². The van der Waals surface area contributed by atoms with Crippen LogP contribution in [0.15, 0.2) is 60.7 Å². The zero-order valence-electron chi connectivity index (χ0n) is 24.0. The lowest BCUT2D eigenvalue weighted by molar-refractivity contribution is 0.137. The smallest absolute Gasteiger partial charge is 0.165 e. The predicted octanol–water partition coefficient (Wildman–Crippen LogP) is 8.38. The van der Waals surface area contributed by atoms with Crippen molar-refractivity contribution in [3.63, 3.8) is 0 Å². The Labute approximate surface area is 236 Å². The summed E-state index contributed by atoms with van der Waals surface area (Å²) < 4.78 is 37.9. The number of aryl methyl sites for hydroxylation is 2. The Kier molecular flexibility index (Phi) is 8.65. The lowest BCUT2D eigenvalue weighted by Gasteiger charge is -2.36. The van der Waals surface area contributed by atoms with Crippen LogP contribution in [-0.4, -0.2) is 28.1 Å². The number of hydrogen-bond donors (Lipinski definition) is 0. The van der Waals surface area contributed by atoms with Crippen LogP contribution in [0, 0.1) is 11.6 Å². The second-order valence-electron chi connectivity index (χ2n) is 10.5. The summed E-state index contributed by atoms with van der Waals surface area (Å²) in [5.74, 6) is -0.418. The highest BCUT2D eigenvalue weighted by molar-refractivity contribution is 5.73. The van der Waals surface area contributed by atoms with Gasteiger partial charge in [0.05, 0.1) is 18.5 Å². The van der Waals surface area contributed by atoms with Crippen LogP contribution < -0.4 is 4.74 Å². The van der Waals surface area contributed by atoms with E-state index < -0.39 is 11.6 Å². The number of aromatic nitrogens is 2. The van der Waals surface area contributed by atoms with E-state index in [2.05, 4.69) is 72.7 Å². The van der Waals surface area contributed by atoms with E-state index in [9.17, 15) is 0 Å². The first kappa shape index (κ1) is 28.0. The van der Waals surface area contributed by atoms with Crippen molar-refractivity contribution in [2.75, 3.05) is 13.7 Å². The first-order chi connectivity index (χ1) is 19.5. The predicted molar refractivity (Wildman–Crippen MR) is 157 cm³/mol. The fourth-order valence-electron chi connectivity index (χ4n) is 6.22. The fourth-order valence-corrected chi connectivity index (χ4v) is 6.22. The van der Waals surface area contributed by atoms with E-state index in [0.717, 1.165) is 55.4 Å². The van der Waals surface area contributed by atoms with Gasteiger partial charge in [0.1, 0.15) is 11.6 Å². The average Bonchev–Trinajstić information content (AvgIpc) is 3.35. The Hall–Kier alpha value is -3.51. The molecule has 0 saturated carbocycles. The Bertz CT molecular complexity index is 1440. The summed E-state index contributed by atoms with van der Waals surface area (Å²) in [6, 6.07) is 19.6. The maximum Gasteiger partial charge on any atom is 0.165 e. The van der Waals surface area contributed by atoms with E-state index in [4.69, 9.17) is 9.72 Å². The van der Waals surface area contributed by atoms with Gasteiger partial charge in [0.2, 0.25) is 0 Å². The van der Waals surface area contributed by atoms with Crippen molar-refractivity contribution in [1.82, 2.24) is 14.5 Å². The maximum absolute atomic E-state index is 15.6. The highest BCUT2D eigenvalue weighted by Gasteiger charge is 2.30. The van der Waals surface area contributed by atoms with Crippen molar-refractivity contribution >= 4 is 0 Å². The molecule has 210 valence electrons. The van der Waals surface area contributed by atoms with Gasteiger partial charge in [-0.05, 0) is 61.9 Å². The molecule has 40 heavy (non-hydrogen) atoms. The van der Waals surface area contributed by atoms with Crippen LogP contribution in [0.3, 0.4) is 0 Å². The number of halogens is 2. The molecule has 1 aromatic heterocycles. The standard InChI is InChI=1S/C34H39F2N3O/c1-5-23-16-13-17-24(6-2)32(23)34-37-33(26-20-28(36)31(40-4)21-27(26)35)30(39(34)7-3)22-38-19-12-11-18-29(38)25-14-9-8-10-15-25/h8-10,13-17,20-21,29H,5-7,11-12,18-19,22H2,1-4H3. The first-order valence-electron chi connectivity index (χ1n) is 14.5. The summed E-state index contributed by atoms with van der Waals surface area (Å²) >= 11 is 0. The number of imidazole rings is 1. The molecule has 1 fully saturated rings. The lowest BCUT2D eigenvalue weighted by Crippen LogP contribution is -2.33. The molecule has 4 nitrogen and oxygen atoms in total. The first-order valence-corrected chi connectivity index (χ1v) is 14.5. The maximum atomic E-state index is 15.6. The van der Waals surface area contributed by atoms with Crippen molar-refractivity contribution in [1.29, 1.82) is 0 Å². The van der Waals surface area contributed by atoms with Crippen LogP contribution in [0.5, 0.6) is 5.75 Å². The molecule has 5 rings (SSSR count). The minimum absolute atomic E-state index is 0.109. The van der Waals surface area contributed by atoms with Gasteiger partial charge in [-0.15, -0.1) is 0 Å². The third-order valence-electron chi connectivity index (χ3n) is 8.26. The highest BCUT2D eigenvalue weighted by atomic mass is 19.1. The normalized spacial score (nSPS) is 15.9. The molecule has 6 heteroatoms. The molecule has 1 aliphatic rings. The number of piperidine rings is 1. The van der Waals surface area contributed by atoms with Gasteiger partial charge in [-0.3, -0.25) is 4.90 Å². The molecule has 0 spiro atoms. The summed E-state index contributed by atoms with van der Waals surface area (Å²) in [6.45, 7) is 8.61. The summed E-state index contributed by atoms with van der Waals surface area (Å²) in [5, 5.41) is 0. The number of methoxy groups -OCH3 is 1. The zero-order chi connectivity index (χ0) is 28.2. The SMILES string of the molecule is CCc1cccc(CC)c1-c1nc(-c2cc(F)c(OC)cc2F)c(CN2CCCCC2c2ccccc2)n1CC. The molecule has 2 heterocycles. The van der Waals surface area contributed by atoms with E-state index in [1.54, 1.807) is 0 Å². The van der Waals surface area contributed by atoms with Crippen LogP contribution >= 0.6 is 0 Å². The average molecular weight is 544 g/mol. The number of likely N-dealkylation sites (tertiary alicyclic amines) is 1. The van der Waals surface area contributed by atoms with Crippen LogP contribution in [0.25, 0.3) is 22.6 Å². The summed E-state index contributed by atoms with van der Waals surface area (Å²) in [5.41, 5.74) is 6.39. The van der Waals surface area contributed by atoms with Gasteiger partial charge in [-0.1, -0.05) is 68.8 Å². The molecule has 3 aromatic carbocycles. The van der Waals surface area contributed by atoms with Gasteiger partial charge < -0.3 is 9.30 Å². The Morgan fingerprint density at radius 1 is 0.900 bits per heavy atom. The number of hydrogen-bond acceptors (Lipinski definition) is 3. The van der Waals surface area contributed by atoms with Crippen LogP contribution in [0.2, 0.25) is 0 Å². The van der Waals surface area contributed by atoms with Crippen molar-refractivity contribution in [3.8, 4) is 28.4 Å². The highest BCUT2D eigenvalue weighted by Crippen LogP contribution is 2.39. The van der Waals surface area contributed by atoms with E-state index in [-0.39, 0.29) is 17.4 Å². The molecule has 0 amide bonds. The summed E-state index contributed by atoms with van der Waals surface area (Å²) in [6.07, 6.45) is 5.06. The molecular formula is C34H39F2N3O. The molecule has 1 atom stereocenters. The van der Waals surface area contributed by atoms with E-state index in [0.29, 0.717) is 18.8 Å². The minimum Gasteiger partial charge on any atom is -0.494 e. The zero-order valence-corrected chi connectivity index (χ0v) is 24.0. The van der Waals surface area contributed by atoms with Crippen molar-refractivity contribution < 1.29 is 13.5 Å². The van der Waals surface area contributed by atoms with Gasteiger partial charge in [-0.25, -0.2) is 13.8 Å². The van der Waals surface area contributed by atoms with Crippen LogP contribution in [0.1, 0.15) is 68.5 Å². The molecular weight excluding hydrogens is 504 g/mol. The fraction of sp³-hybridized carbons (Fsp3) is 0.382. The molecule has 0 aliphatic carbocycles. The quantitative estimate of drug-likeness (QED) is 0.212. The molecule has 0 bridgehead atoms. The van der Waals surface area contributed by atoms with E-state index in [1.807, 2.05) is 6.07 Å². The number of benzene rings is 3. The molecule has 4 aromatic rings. The van der Waals surface area contributed by atoms with Gasteiger partial charge in [-0.2, -0.15) is 0 Å². The Balaban J connectivity index is 1.72. The van der Waals surface area contributed by atoms with Crippen molar-refractivity contribution in [2.45, 2.75) is 72.0 Å². The monoisotopic (exact) mass is 543 g/mol. The Morgan fingerprint density at radius 3 is 2.27 bits per heavy atom. The number of ether oxygens (including phenoxy) is 1. The molecule has 0 N–H and O–H groups in total. The third-order valence-corrected chi connectivity index (χ3v) is 8.26. The molecule has 1 aliphatic heterocycles. The van der Waals surface area contributed by atoms with Crippen LogP contribution in [-0.2, 0) is 25.9 Å². The molecule has 0 radical (unpaired) electrons. The second-order valence-corrected chi connectivity index (χ2v) is 10.5. The molecule has 1 unspecified atom stereocenters. The van der Waals surface area contributed by atoms with Gasteiger partial charge >= 0.3 is 0 Å². The van der Waals surface area contributed by atoms with Gasteiger partial charge in [0, 0.05) is 36.3 Å². The minimum atomic E-state index is -0.596. The summed E-state index contributed by atoms with van der Waals surface area (Å²) in [7, 11) is 1.35. The van der Waals surface area contributed by atoms with Crippen LogP contribution in [0.4, 0.5) is 8.78 Å². The topological polar surface area (TPSA) is 30.3 Å². The second kappa shape index (κ2) is 12.3. The van der Waals surface area contributed by atoms with Crippen molar-refractivity contribution in [2.24, 2.45) is 0 Å². The van der Waals surface area contributed by atoms with E-state index >= 15 is 8.78 Å². The largest absolute Gasteiger partial charge is 0.494 e. The Morgan fingerprint density at radius 2 is 1.62 bits per heavy atom. The van der Waals surface area contributed by atoms with Crippen molar-refractivity contribution in [3.05, 3.63) is 94.7 Å². The number of rotatable bonds is 9. The third kappa shape index (κ3) is 5.29. The van der Waals surface area contributed by atoms with E-state index in [1.165, 1.54) is 36.3 Å². The lowest BCUT2D eigenvalue weighted by atomic mass is 9.95.